The Kier molecular flexibility index (Phi) is 8.37. The molecule has 0 spiro atoms. The van der Waals surface area contributed by atoms with Crippen molar-refractivity contribution in [2.45, 2.75) is 31.6 Å². The van der Waals surface area contributed by atoms with E-state index in [4.69, 9.17) is 5.11 Å². The van der Waals surface area contributed by atoms with Gasteiger partial charge in [-0.1, -0.05) is 19.8 Å². The molecular weight excluding hydrogens is 179 g/mol. The standard InChI is InChI=1S/C5H12O4S.Na/c1-2-3-4-5(6)10(7,8)9;/h5-6H,2-4H2,1H3,(H,7,8,9);/q;+1/p-1. The fraction of sp³-hybridized carbons (Fsp3) is 1.00. The zero-order chi connectivity index (χ0) is 8.20. The van der Waals surface area contributed by atoms with Crippen LogP contribution in [0.15, 0.2) is 0 Å². The Hall–Kier alpha value is 0.870. The van der Waals surface area contributed by atoms with Crippen LogP contribution >= 0.6 is 0 Å². The number of hydrogen-bond acceptors (Lipinski definition) is 4. The second kappa shape index (κ2) is 6.39. The minimum atomic E-state index is -4.47. The molecule has 0 aliphatic carbocycles. The Morgan fingerprint density at radius 3 is 2.27 bits per heavy atom. The summed E-state index contributed by atoms with van der Waals surface area (Å²) in [5.41, 5.74) is -1.72. The van der Waals surface area contributed by atoms with Crippen LogP contribution in [0, 0.1) is 0 Å². The van der Waals surface area contributed by atoms with Gasteiger partial charge in [-0.15, -0.1) is 0 Å². The normalized spacial score (nSPS) is 13.7. The molecule has 1 unspecified atom stereocenters. The van der Waals surface area contributed by atoms with E-state index in [-0.39, 0.29) is 36.0 Å². The molecule has 4 nitrogen and oxygen atoms in total. The van der Waals surface area contributed by atoms with E-state index in [2.05, 4.69) is 0 Å². The molecule has 0 aromatic rings. The zero-order valence-electron chi connectivity index (χ0n) is 6.78. The Bertz CT molecular complexity index is 177. The van der Waals surface area contributed by atoms with Crippen LogP contribution in [-0.4, -0.2) is 23.5 Å². The summed E-state index contributed by atoms with van der Waals surface area (Å²) < 4.78 is 30.1. The van der Waals surface area contributed by atoms with Crippen LogP contribution in [-0.2, 0) is 10.1 Å². The van der Waals surface area contributed by atoms with E-state index in [9.17, 15) is 13.0 Å². The Balaban J connectivity index is 0. The first-order chi connectivity index (χ1) is 4.48. The van der Waals surface area contributed by atoms with Crippen molar-refractivity contribution in [1.82, 2.24) is 0 Å². The molecule has 6 heteroatoms. The maximum Gasteiger partial charge on any atom is 1.00 e. The topological polar surface area (TPSA) is 77.4 Å². The van der Waals surface area contributed by atoms with Gasteiger partial charge in [-0.25, -0.2) is 8.42 Å². The fourth-order valence-electron chi connectivity index (χ4n) is 0.523. The van der Waals surface area contributed by atoms with Crippen LogP contribution in [0.5, 0.6) is 0 Å². The number of unbranched alkanes of at least 4 members (excludes halogenated alkanes) is 1. The number of rotatable bonds is 4. The predicted octanol–water partition coefficient (Wildman–Crippen LogP) is -2.96. The second-order valence-corrected chi connectivity index (χ2v) is 3.62. The molecular formula is C5H11NaO4S. The predicted molar refractivity (Wildman–Crippen MR) is 35.2 cm³/mol. The first-order valence-corrected chi connectivity index (χ1v) is 4.58. The Labute approximate surface area is 89.0 Å². The maximum absolute atomic E-state index is 10.0. The van der Waals surface area contributed by atoms with Crippen LogP contribution in [0.3, 0.4) is 0 Å². The van der Waals surface area contributed by atoms with Gasteiger partial charge in [0.2, 0.25) is 0 Å². The molecule has 0 radical (unpaired) electrons. The summed E-state index contributed by atoms with van der Waals surface area (Å²) in [5, 5.41) is 8.62. The van der Waals surface area contributed by atoms with Gasteiger partial charge in [0.15, 0.2) is 0 Å². The molecule has 0 aliphatic rings. The van der Waals surface area contributed by atoms with E-state index in [0.29, 0.717) is 6.42 Å². The van der Waals surface area contributed by atoms with Gasteiger partial charge in [-0.3, -0.25) is 0 Å². The first kappa shape index (κ1) is 14.4. The van der Waals surface area contributed by atoms with E-state index in [1.807, 2.05) is 6.92 Å². The van der Waals surface area contributed by atoms with Crippen molar-refractivity contribution in [3.63, 3.8) is 0 Å². The van der Waals surface area contributed by atoms with Crippen molar-refractivity contribution in [2.24, 2.45) is 0 Å². The third-order valence-corrected chi connectivity index (χ3v) is 2.04. The minimum Gasteiger partial charge on any atom is -0.746 e. The Morgan fingerprint density at radius 1 is 1.55 bits per heavy atom. The number of aliphatic hydroxyl groups is 1. The van der Waals surface area contributed by atoms with Crippen molar-refractivity contribution in [3.05, 3.63) is 0 Å². The van der Waals surface area contributed by atoms with Gasteiger partial charge < -0.3 is 9.66 Å². The van der Waals surface area contributed by atoms with E-state index < -0.39 is 15.6 Å². The third-order valence-electron chi connectivity index (χ3n) is 1.14. The molecule has 62 valence electrons. The summed E-state index contributed by atoms with van der Waals surface area (Å²) >= 11 is 0. The third kappa shape index (κ3) is 7.24. The summed E-state index contributed by atoms with van der Waals surface area (Å²) in [5.74, 6) is 0. The van der Waals surface area contributed by atoms with E-state index in [1.165, 1.54) is 0 Å². The molecule has 0 fully saturated rings. The van der Waals surface area contributed by atoms with E-state index in [1.54, 1.807) is 0 Å². The number of hydrogen-bond donors (Lipinski definition) is 1. The zero-order valence-corrected chi connectivity index (χ0v) is 9.60. The van der Waals surface area contributed by atoms with Crippen molar-refractivity contribution >= 4 is 10.1 Å². The average Bonchev–Trinajstić information content (AvgIpc) is 1.80. The SMILES string of the molecule is CCCCC(O)S(=O)(=O)[O-].[Na+]. The summed E-state index contributed by atoms with van der Waals surface area (Å²) in [6.07, 6.45) is 1.37. The summed E-state index contributed by atoms with van der Waals surface area (Å²) in [7, 11) is -4.47. The van der Waals surface area contributed by atoms with Crippen molar-refractivity contribution in [1.29, 1.82) is 0 Å². The maximum atomic E-state index is 10.0. The largest absolute Gasteiger partial charge is 1.00 e. The summed E-state index contributed by atoms with van der Waals surface area (Å²) in [6.45, 7) is 1.85. The molecule has 1 atom stereocenters. The molecule has 0 rings (SSSR count). The summed E-state index contributed by atoms with van der Waals surface area (Å²) in [6, 6.07) is 0. The van der Waals surface area contributed by atoms with Crippen molar-refractivity contribution < 1.29 is 47.6 Å². The van der Waals surface area contributed by atoms with E-state index >= 15 is 0 Å². The summed E-state index contributed by atoms with van der Waals surface area (Å²) in [4.78, 5) is 0. The monoisotopic (exact) mass is 190 g/mol. The molecule has 0 bridgehead atoms. The average molecular weight is 190 g/mol. The van der Waals surface area contributed by atoms with Gasteiger partial charge >= 0.3 is 29.6 Å². The van der Waals surface area contributed by atoms with E-state index in [0.717, 1.165) is 6.42 Å². The first-order valence-electron chi connectivity index (χ1n) is 3.11. The van der Waals surface area contributed by atoms with Crippen LogP contribution < -0.4 is 29.6 Å². The van der Waals surface area contributed by atoms with Crippen molar-refractivity contribution in [3.8, 4) is 0 Å². The fourth-order valence-corrected chi connectivity index (χ4v) is 0.978. The molecule has 0 aliphatic heterocycles. The van der Waals surface area contributed by atoms with Crippen LogP contribution in [0.1, 0.15) is 26.2 Å². The van der Waals surface area contributed by atoms with Gasteiger partial charge in [-0.05, 0) is 6.42 Å². The molecule has 0 heterocycles. The molecule has 1 N–H and O–H groups in total. The molecule has 0 saturated carbocycles. The quantitative estimate of drug-likeness (QED) is 0.379. The van der Waals surface area contributed by atoms with Gasteiger partial charge in [0.25, 0.3) is 0 Å². The molecule has 0 saturated heterocycles. The van der Waals surface area contributed by atoms with Crippen LogP contribution in [0.2, 0.25) is 0 Å². The molecule has 0 amide bonds. The smallest absolute Gasteiger partial charge is 0.746 e. The van der Waals surface area contributed by atoms with Crippen molar-refractivity contribution in [2.75, 3.05) is 0 Å². The van der Waals surface area contributed by atoms with Gasteiger partial charge in [-0.2, -0.15) is 0 Å². The van der Waals surface area contributed by atoms with Gasteiger partial charge in [0.1, 0.15) is 15.6 Å². The molecule has 11 heavy (non-hydrogen) atoms. The van der Waals surface area contributed by atoms with Gasteiger partial charge in [0, 0.05) is 0 Å². The van der Waals surface area contributed by atoms with Crippen LogP contribution in [0.25, 0.3) is 0 Å². The minimum absolute atomic E-state index is 0. The number of aliphatic hydroxyl groups excluding tert-OH is 1. The second-order valence-electron chi connectivity index (χ2n) is 2.09. The van der Waals surface area contributed by atoms with Crippen LogP contribution in [0.4, 0.5) is 0 Å². The molecule has 0 aromatic heterocycles. The molecule has 0 aromatic carbocycles. The van der Waals surface area contributed by atoms with Gasteiger partial charge in [0.05, 0.1) is 0 Å². The Morgan fingerprint density at radius 2 is 2.00 bits per heavy atom.